The SMILES string of the molecule is CNC(=O)[C@H](Cc1ccccc1)N(Cc1c(Cl)cccc1Cl)C(=O)CCCN(c1cccc(Cl)c1C)S(C)(=O)=O. The zero-order valence-corrected chi connectivity index (χ0v) is 25.6. The van der Waals surface area contributed by atoms with Crippen LogP contribution in [0.5, 0.6) is 0 Å². The molecule has 1 N–H and O–H groups in total. The average molecular weight is 625 g/mol. The van der Waals surface area contributed by atoms with Crippen molar-refractivity contribution in [3.8, 4) is 0 Å². The van der Waals surface area contributed by atoms with Crippen LogP contribution in [-0.2, 0) is 32.6 Å². The van der Waals surface area contributed by atoms with E-state index in [-0.39, 0.29) is 44.2 Å². The first-order valence-corrected chi connectivity index (χ1v) is 15.6. The lowest BCUT2D eigenvalue weighted by Gasteiger charge is -2.32. The average Bonchev–Trinajstić information content (AvgIpc) is 2.91. The van der Waals surface area contributed by atoms with Gasteiger partial charge in [0, 0.05) is 53.6 Å². The van der Waals surface area contributed by atoms with Gasteiger partial charge in [0.25, 0.3) is 0 Å². The molecule has 11 heteroatoms. The van der Waals surface area contributed by atoms with Crippen LogP contribution in [-0.4, -0.2) is 51.0 Å². The Morgan fingerprint density at radius 2 is 1.50 bits per heavy atom. The van der Waals surface area contributed by atoms with Crippen molar-refractivity contribution in [1.82, 2.24) is 10.2 Å². The van der Waals surface area contributed by atoms with Crippen molar-refractivity contribution in [3.05, 3.63) is 98.5 Å². The Morgan fingerprint density at radius 3 is 2.10 bits per heavy atom. The van der Waals surface area contributed by atoms with E-state index in [2.05, 4.69) is 5.32 Å². The maximum absolute atomic E-state index is 13.8. The molecule has 2 amide bonds. The lowest BCUT2D eigenvalue weighted by Crippen LogP contribution is -2.50. The van der Waals surface area contributed by atoms with Gasteiger partial charge in [-0.1, -0.05) is 77.3 Å². The number of benzene rings is 3. The van der Waals surface area contributed by atoms with Crippen LogP contribution < -0.4 is 9.62 Å². The molecule has 0 heterocycles. The summed E-state index contributed by atoms with van der Waals surface area (Å²) in [5.41, 5.74) is 2.47. The summed E-state index contributed by atoms with van der Waals surface area (Å²) < 4.78 is 26.6. The number of likely N-dealkylation sites (N-methyl/N-ethyl adjacent to an activating group) is 1. The Balaban J connectivity index is 1.91. The standard InChI is InChI=1S/C29H32Cl3N3O4S/c1-20-23(30)12-8-15-26(20)35(40(3,38)39)17-9-16-28(36)34(19-22-24(31)13-7-14-25(22)32)27(29(37)33-2)18-21-10-5-4-6-11-21/h4-8,10-15,27H,9,16-19H2,1-3H3,(H,33,37)/t27-/m0/s1. The van der Waals surface area contributed by atoms with Gasteiger partial charge in [-0.15, -0.1) is 0 Å². The highest BCUT2D eigenvalue weighted by Gasteiger charge is 2.31. The van der Waals surface area contributed by atoms with E-state index < -0.39 is 16.1 Å². The predicted octanol–water partition coefficient (Wildman–Crippen LogP) is 5.89. The summed E-state index contributed by atoms with van der Waals surface area (Å²) in [6.45, 7) is 1.80. The number of carbonyl (C=O) groups excluding carboxylic acids is 2. The zero-order valence-electron chi connectivity index (χ0n) is 22.5. The summed E-state index contributed by atoms with van der Waals surface area (Å²) in [5, 5.41) is 3.86. The van der Waals surface area contributed by atoms with E-state index >= 15 is 0 Å². The van der Waals surface area contributed by atoms with E-state index in [1.807, 2.05) is 30.3 Å². The van der Waals surface area contributed by atoms with Crippen LogP contribution in [0.1, 0.15) is 29.5 Å². The van der Waals surface area contributed by atoms with Crippen LogP contribution in [0.2, 0.25) is 15.1 Å². The highest BCUT2D eigenvalue weighted by Crippen LogP contribution is 2.30. The predicted molar refractivity (Wildman–Crippen MR) is 163 cm³/mol. The first-order valence-electron chi connectivity index (χ1n) is 12.6. The number of hydrogen-bond acceptors (Lipinski definition) is 4. The molecular weight excluding hydrogens is 593 g/mol. The van der Waals surface area contributed by atoms with Crippen molar-refractivity contribution < 1.29 is 18.0 Å². The summed E-state index contributed by atoms with van der Waals surface area (Å²) in [7, 11) is -2.14. The molecule has 214 valence electrons. The van der Waals surface area contributed by atoms with Crippen LogP contribution in [0.3, 0.4) is 0 Å². The number of rotatable bonds is 12. The molecule has 0 bridgehead atoms. The van der Waals surface area contributed by atoms with Gasteiger partial charge in [0.2, 0.25) is 21.8 Å². The van der Waals surface area contributed by atoms with Crippen molar-refractivity contribution >= 4 is 62.3 Å². The number of hydrogen-bond donors (Lipinski definition) is 1. The monoisotopic (exact) mass is 623 g/mol. The molecule has 0 saturated heterocycles. The Bertz CT molecular complexity index is 1430. The van der Waals surface area contributed by atoms with Crippen molar-refractivity contribution in [1.29, 1.82) is 0 Å². The summed E-state index contributed by atoms with van der Waals surface area (Å²) in [5.74, 6) is -0.676. The van der Waals surface area contributed by atoms with Crippen LogP contribution >= 0.6 is 34.8 Å². The summed E-state index contributed by atoms with van der Waals surface area (Å²) in [4.78, 5) is 28.4. The second-order valence-electron chi connectivity index (χ2n) is 9.36. The Hall–Kier alpha value is -2.78. The molecule has 1 atom stereocenters. The first kappa shape index (κ1) is 31.7. The van der Waals surface area contributed by atoms with Crippen LogP contribution in [0.15, 0.2) is 66.7 Å². The molecule has 3 aromatic rings. The minimum atomic E-state index is -3.66. The Morgan fingerprint density at radius 1 is 0.900 bits per heavy atom. The largest absolute Gasteiger partial charge is 0.357 e. The maximum atomic E-state index is 13.8. The number of nitrogens with zero attached hydrogens (tertiary/aromatic N) is 2. The fraction of sp³-hybridized carbons (Fsp3) is 0.310. The quantitative estimate of drug-likeness (QED) is 0.272. The maximum Gasteiger partial charge on any atom is 0.242 e. The van der Waals surface area contributed by atoms with E-state index in [0.717, 1.165) is 11.8 Å². The van der Waals surface area contributed by atoms with Crippen molar-refractivity contribution in [2.75, 3.05) is 24.2 Å². The summed E-state index contributed by atoms with van der Waals surface area (Å²) in [6.07, 6.45) is 1.57. The van der Waals surface area contributed by atoms with Crippen LogP contribution in [0.25, 0.3) is 0 Å². The third-order valence-corrected chi connectivity index (χ3v) is 8.87. The van der Waals surface area contributed by atoms with Gasteiger partial charge in [0.1, 0.15) is 6.04 Å². The van der Waals surface area contributed by atoms with E-state index in [1.165, 1.54) is 16.3 Å². The summed E-state index contributed by atoms with van der Waals surface area (Å²) in [6, 6.07) is 18.6. The lowest BCUT2D eigenvalue weighted by molar-refractivity contribution is -0.141. The van der Waals surface area contributed by atoms with Crippen molar-refractivity contribution in [2.45, 2.75) is 38.8 Å². The van der Waals surface area contributed by atoms with Crippen LogP contribution in [0, 0.1) is 6.92 Å². The van der Waals surface area contributed by atoms with Crippen molar-refractivity contribution in [3.63, 3.8) is 0 Å². The van der Waals surface area contributed by atoms with E-state index in [1.54, 1.807) is 43.3 Å². The first-order chi connectivity index (χ1) is 18.9. The molecular formula is C29H32Cl3N3O4S. The molecule has 0 aromatic heterocycles. The fourth-order valence-electron chi connectivity index (χ4n) is 4.42. The second kappa shape index (κ2) is 14.2. The van der Waals surface area contributed by atoms with Gasteiger partial charge in [-0.2, -0.15) is 0 Å². The molecule has 0 aliphatic carbocycles. The smallest absolute Gasteiger partial charge is 0.242 e. The van der Waals surface area contributed by atoms with E-state index in [0.29, 0.717) is 31.9 Å². The minimum Gasteiger partial charge on any atom is -0.357 e. The van der Waals surface area contributed by atoms with Crippen molar-refractivity contribution in [2.24, 2.45) is 0 Å². The topological polar surface area (TPSA) is 86.8 Å². The Labute approximate surface area is 251 Å². The highest BCUT2D eigenvalue weighted by atomic mass is 35.5. The van der Waals surface area contributed by atoms with E-state index in [9.17, 15) is 18.0 Å². The number of halogens is 3. The molecule has 7 nitrogen and oxygen atoms in total. The van der Waals surface area contributed by atoms with Gasteiger partial charge in [0.05, 0.1) is 11.9 Å². The van der Waals surface area contributed by atoms with Gasteiger partial charge in [-0.3, -0.25) is 13.9 Å². The number of nitrogens with one attached hydrogen (secondary N) is 1. The molecule has 3 aromatic carbocycles. The third-order valence-electron chi connectivity index (χ3n) is 6.57. The number of amides is 2. The fourth-order valence-corrected chi connectivity index (χ4v) is 6.13. The van der Waals surface area contributed by atoms with Gasteiger partial charge in [-0.05, 0) is 48.7 Å². The summed E-state index contributed by atoms with van der Waals surface area (Å²) >= 11 is 19.1. The molecule has 0 saturated carbocycles. The molecule has 0 radical (unpaired) electrons. The molecule has 0 aliphatic rings. The normalized spacial score (nSPS) is 12.1. The number of carbonyl (C=O) groups is 2. The molecule has 0 spiro atoms. The molecule has 3 rings (SSSR count). The zero-order chi connectivity index (χ0) is 29.4. The number of sulfonamides is 1. The van der Waals surface area contributed by atoms with Gasteiger partial charge >= 0.3 is 0 Å². The van der Waals surface area contributed by atoms with E-state index in [4.69, 9.17) is 34.8 Å². The number of anilines is 1. The minimum absolute atomic E-state index is 0.00541. The second-order valence-corrected chi connectivity index (χ2v) is 12.5. The Kier molecular flexibility index (Phi) is 11.3. The van der Waals surface area contributed by atoms with Crippen LogP contribution in [0.4, 0.5) is 5.69 Å². The van der Waals surface area contributed by atoms with Gasteiger partial charge in [0.15, 0.2) is 0 Å². The molecule has 40 heavy (non-hydrogen) atoms. The lowest BCUT2D eigenvalue weighted by atomic mass is 10.0. The molecule has 0 aliphatic heterocycles. The highest BCUT2D eigenvalue weighted by molar-refractivity contribution is 7.92. The van der Waals surface area contributed by atoms with Gasteiger partial charge in [-0.25, -0.2) is 8.42 Å². The van der Waals surface area contributed by atoms with Gasteiger partial charge < -0.3 is 10.2 Å². The third kappa shape index (κ3) is 8.13. The molecule has 0 fully saturated rings. The molecule has 0 unspecified atom stereocenters.